The van der Waals surface area contributed by atoms with E-state index in [1.807, 2.05) is 11.8 Å². The summed E-state index contributed by atoms with van der Waals surface area (Å²) in [5.41, 5.74) is 12.2. The quantitative estimate of drug-likeness (QED) is 0.822. The number of thioether (sulfide) groups is 1. The first-order chi connectivity index (χ1) is 11.1. The summed E-state index contributed by atoms with van der Waals surface area (Å²) in [5, 5.41) is 0.500. The fraction of sp³-hybridized carbons (Fsp3) is 0.429. The van der Waals surface area contributed by atoms with Crippen molar-refractivity contribution in [2.75, 3.05) is 0 Å². The summed E-state index contributed by atoms with van der Waals surface area (Å²) in [6.45, 7) is 4.36. The lowest BCUT2D eigenvalue weighted by Gasteiger charge is -2.41. The first-order valence-corrected chi connectivity index (χ1v) is 9.66. The molecular formula is C21H27NS. The maximum absolute atomic E-state index is 6.93. The molecule has 2 atom stereocenters. The van der Waals surface area contributed by atoms with Gasteiger partial charge >= 0.3 is 0 Å². The zero-order valence-electron chi connectivity index (χ0n) is 14.2. The van der Waals surface area contributed by atoms with Crippen molar-refractivity contribution in [3.8, 4) is 0 Å². The number of hydrogen-bond acceptors (Lipinski definition) is 2. The Morgan fingerprint density at radius 3 is 2.43 bits per heavy atom. The summed E-state index contributed by atoms with van der Waals surface area (Å²) in [5.74, 6) is 1.05. The maximum Gasteiger partial charge on any atom is 0.0530 e. The molecule has 1 aliphatic carbocycles. The fourth-order valence-electron chi connectivity index (χ4n) is 3.83. The third-order valence-corrected chi connectivity index (χ3v) is 6.48. The predicted octanol–water partition coefficient (Wildman–Crippen LogP) is 5.33. The smallest absolute Gasteiger partial charge is 0.0530 e. The SMILES string of the molecule is Cc1cc(C)cc(CSC2CCCCC2(N)c2ccccc2)c1. The zero-order valence-corrected chi connectivity index (χ0v) is 15.0. The van der Waals surface area contributed by atoms with Gasteiger partial charge in [0.1, 0.15) is 0 Å². The van der Waals surface area contributed by atoms with E-state index in [-0.39, 0.29) is 5.54 Å². The summed E-state index contributed by atoms with van der Waals surface area (Å²) in [6, 6.07) is 17.6. The second-order valence-electron chi connectivity index (χ2n) is 6.95. The fourth-order valence-corrected chi connectivity index (χ4v) is 5.27. The molecule has 0 radical (unpaired) electrons. The second-order valence-corrected chi connectivity index (χ2v) is 8.14. The van der Waals surface area contributed by atoms with Crippen molar-refractivity contribution >= 4 is 11.8 Å². The van der Waals surface area contributed by atoms with Crippen LogP contribution in [0.2, 0.25) is 0 Å². The van der Waals surface area contributed by atoms with Crippen LogP contribution in [-0.4, -0.2) is 5.25 Å². The average molecular weight is 326 g/mol. The number of benzene rings is 2. The molecule has 2 heteroatoms. The number of nitrogens with two attached hydrogens (primary N) is 1. The van der Waals surface area contributed by atoms with Gasteiger partial charge in [-0.3, -0.25) is 0 Å². The first-order valence-electron chi connectivity index (χ1n) is 8.61. The molecule has 122 valence electrons. The van der Waals surface area contributed by atoms with Crippen LogP contribution in [0.3, 0.4) is 0 Å². The van der Waals surface area contributed by atoms with Crippen molar-refractivity contribution in [2.24, 2.45) is 5.73 Å². The Bertz CT molecular complexity index is 632. The van der Waals surface area contributed by atoms with E-state index in [1.165, 1.54) is 41.5 Å². The van der Waals surface area contributed by atoms with Crippen LogP contribution in [0.15, 0.2) is 48.5 Å². The van der Waals surface area contributed by atoms with Crippen LogP contribution in [0.5, 0.6) is 0 Å². The van der Waals surface area contributed by atoms with E-state index in [9.17, 15) is 0 Å². The predicted molar refractivity (Wildman–Crippen MR) is 102 cm³/mol. The largest absolute Gasteiger partial charge is 0.320 e. The van der Waals surface area contributed by atoms with Crippen molar-refractivity contribution in [3.05, 3.63) is 70.8 Å². The molecule has 0 heterocycles. The molecule has 0 amide bonds. The van der Waals surface area contributed by atoms with E-state index in [0.29, 0.717) is 5.25 Å². The Kier molecular flexibility index (Phi) is 5.13. The molecule has 0 aliphatic heterocycles. The van der Waals surface area contributed by atoms with Crippen LogP contribution in [0.1, 0.15) is 47.9 Å². The number of rotatable bonds is 4. The van der Waals surface area contributed by atoms with E-state index in [0.717, 1.165) is 12.2 Å². The van der Waals surface area contributed by atoms with Crippen molar-refractivity contribution in [1.82, 2.24) is 0 Å². The Morgan fingerprint density at radius 1 is 1.04 bits per heavy atom. The Morgan fingerprint density at radius 2 is 1.74 bits per heavy atom. The summed E-state index contributed by atoms with van der Waals surface area (Å²) in [6.07, 6.45) is 4.87. The molecule has 23 heavy (non-hydrogen) atoms. The van der Waals surface area contributed by atoms with Crippen LogP contribution in [0, 0.1) is 13.8 Å². The summed E-state index contributed by atoms with van der Waals surface area (Å²) >= 11 is 2.04. The Hall–Kier alpha value is -1.25. The Labute approximate surface area is 144 Å². The number of aryl methyl sites for hydroxylation is 2. The van der Waals surface area contributed by atoms with Gasteiger partial charge in [-0.15, -0.1) is 0 Å². The highest BCUT2D eigenvalue weighted by atomic mass is 32.2. The van der Waals surface area contributed by atoms with Crippen molar-refractivity contribution < 1.29 is 0 Å². The molecule has 1 nitrogen and oxygen atoms in total. The molecule has 3 rings (SSSR count). The summed E-state index contributed by atoms with van der Waals surface area (Å²) in [4.78, 5) is 0. The minimum Gasteiger partial charge on any atom is -0.320 e. The topological polar surface area (TPSA) is 26.0 Å². The van der Waals surface area contributed by atoms with Crippen molar-refractivity contribution in [1.29, 1.82) is 0 Å². The van der Waals surface area contributed by atoms with Crippen LogP contribution in [0.25, 0.3) is 0 Å². The van der Waals surface area contributed by atoms with Gasteiger partial charge in [-0.1, -0.05) is 72.5 Å². The van der Waals surface area contributed by atoms with Gasteiger partial charge < -0.3 is 5.73 Å². The minimum absolute atomic E-state index is 0.178. The lowest BCUT2D eigenvalue weighted by atomic mass is 9.77. The van der Waals surface area contributed by atoms with Gasteiger partial charge in [-0.25, -0.2) is 0 Å². The van der Waals surface area contributed by atoms with E-state index in [4.69, 9.17) is 5.73 Å². The third kappa shape index (κ3) is 3.81. The van der Waals surface area contributed by atoms with E-state index in [2.05, 4.69) is 62.4 Å². The molecule has 2 aromatic rings. The lowest BCUT2D eigenvalue weighted by molar-refractivity contribution is 0.314. The molecule has 2 unspecified atom stereocenters. The molecule has 0 spiro atoms. The van der Waals surface area contributed by atoms with Crippen LogP contribution >= 0.6 is 11.8 Å². The van der Waals surface area contributed by atoms with E-state index < -0.39 is 0 Å². The second kappa shape index (κ2) is 7.11. The Balaban J connectivity index is 1.77. The minimum atomic E-state index is -0.178. The van der Waals surface area contributed by atoms with Gasteiger partial charge in [0, 0.05) is 11.0 Å². The highest BCUT2D eigenvalue weighted by Gasteiger charge is 2.38. The highest BCUT2D eigenvalue weighted by molar-refractivity contribution is 7.99. The maximum atomic E-state index is 6.93. The molecule has 1 saturated carbocycles. The standard InChI is InChI=1S/C21H27NS/c1-16-12-17(2)14-18(13-16)15-23-20-10-6-7-11-21(20,22)19-8-4-3-5-9-19/h3-5,8-9,12-14,20H,6-7,10-11,15,22H2,1-2H3. The van der Waals surface area contributed by atoms with Gasteiger partial charge in [0.2, 0.25) is 0 Å². The highest BCUT2D eigenvalue weighted by Crippen LogP contribution is 2.42. The van der Waals surface area contributed by atoms with Crippen LogP contribution < -0.4 is 5.73 Å². The average Bonchev–Trinajstić information content (AvgIpc) is 2.54. The van der Waals surface area contributed by atoms with Gasteiger partial charge in [0.15, 0.2) is 0 Å². The van der Waals surface area contributed by atoms with Gasteiger partial charge in [0.05, 0.1) is 5.54 Å². The molecule has 2 aromatic carbocycles. The first kappa shape index (κ1) is 16.6. The molecule has 1 fully saturated rings. The molecule has 0 aromatic heterocycles. The molecule has 0 bridgehead atoms. The third-order valence-electron chi connectivity index (χ3n) is 4.93. The lowest BCUT2D eigenvalue weighted by Crippen LogP contribution is -2.48. The normalized spacial score (nSPS) is 24.6. The molecular weight excluding hydrogens is 298 g/mol. The van der Waals surface area contributed by atoms with Gasteiger partial charge in [-0.05, 0) is 37.8 Å². The zero-order chi connectivity index (χ0) is 16.3. The van der Waals surface area contributed by atoms with E-state index in [1.54, 1.807) is 0 Å². The van der Waals surface area contributed by atoms with Gasteiger partial charge in [-0.2, -0.15) is 11.8 Å². The molecule has 0 saturated heterocycles. The van der Waals surface area contributed by atoms with Crippen LogP contribution in [-0.2, 0) is 11.3 Å². The van der Waals surface area contributed by atoms with E-state index >= 15 is 0 Å². The van der Waals surface area contributed by atoms with Crippen LogP contribution in [0.4, 0.5) is 0 Å². The van der Waals surface area contributed by atoms with Crippen molar-refractivity contribution in [3.63, 3.8) is 0 Å². The molecule has 2 N–H and O–H groups in total. The summed E-state index contributed by atoms with van der Waals surface area (Å²) < 4.78 is 0. The number of hydrogen-bond donors (Lipinski definition) is 1. The van der Waals surface area contributed by atoms with Gasteiger partial charge in [0.25, 0.3) is 0 Å². The molecule has 1 aliphatic rings. The monoisotopic (exact) mass is 325 g/mol. The van der Waals surface area contributed by atoms with Crippen molar-refractivity contribution in [2.45, 2.75) is 56.1 Å². The summed E-state index contributed by atoms with van der Waals surface area (Å²) in [7, 11) is 0.